The van der Waals surface area contributed by atoms with Crippen LogP contribution in [-0.4, -0.2) is 62.2 Å². The van der Waals surface area contributed by atoms with E-state index in [1.807, 2.05) is 75.0 Å². The van der Waals surface area contributed by atoms with Gasteiger partial charge in [-0.05, 0) is 29.8 Å². The summed E-state index contributed by atoms with van der Waals surface area (Å²) in [4.78, 5) is 2.37. The fraction of sp³-hybridized carbons (Fsp3) is 0.423. The van der Waals surface area contributed by atoms with Crippen molar-refractivity contribution in [3.8, 4) is 23.1 Å². The Balaban J connectivity index is 0.000000293. The monoisotopic (exact) mass is 468 g/mol. The van der Waals surface area contributed by atoms with Gasteiger partial charge in [0, 0.05) is 56.6 Å². The maximum Gasteiger partial charge on any atom is 0.120 e. The summed E-state index contributed by atoms with van der Waals surface area (Å²) < 4.78 is 12.5. The molecule has 1 aliphatic rings. The smallest absolute Gasteiger partial charge is 0.120 e. The maximum absolute atomic E-state index is 9.61. The van der Waals surface area contributed by atoms with Crippen LogP contribution in [0.5, 0.6) is 5.75 Å². The van der Waals surface area contributed by atoms with Crippen molar-refractivity contribution in [1.29, 1.82) is 5.26 Å². The highest BCUT2D eigenvalue weighted by Gasteiger charge is 2.17. The van der Waals surface area contributed by atoms with Crippen LogP contribution in [0.15, 0.2) is 42.5 Å². The molecule has 2 heterocycles. The molecule has 1 fully saturated rings. The number of morpholine rings is 1. The lowest BCUT2D eigenvalue weighted by atomic mass is 10.1. The fourth-order valence-electron chi connectivity index (χ4n) is 3.76. The summed E-state index contributed by atoms with van der Waals surface area (Å²) in [7, 11) is 5.51. The molecule has 0 spiro atoms. The topological polar surface area (TPSA) is 62.5 Å². The molecular formula is C26H36N4O2S. The molecular weight excluding hydrogens is 432 g/mol. The van der Waals surface area contributed by atoms with Crippen molar-refractivity contribution in [3.63, 3.8) is 0 Å². The number of fused-ring (bicyclic) bond motifs is 1. The Morgan fingerprint density at radius 3 is 2.33 bits per heavy atom. The molecule has 178 valence electrons. The number of hydrogen-bond donors (Lipinski definition) is 2. The molecule has 0 saturated carbocycles. The normalized spacial score (nSPS) is 13.2. The standard InChI is InChI=1S/C18H17N3O.C6H13NOS.C2H6/c1-20-13-6-4-12(5-7-13)18-16(11-19)15-9-8-14(22-3)10-17(15)21(18)2;9-6-3-7-1-4-8-5-2-7;1-2/h4-10,20H,1-3H3;9H,1-6H2;1-2H3. The number of nitriles is 1. The molecule has 0 aliphatic carbocycles. The number of nitrogens with zero attached hydrogens (tertiary/aromatic N) is 3. The zero-order chi connectivity index (χ0) is 24.2. The Morgan fingerprint density at radius 1 is 1.12 bits per heavy atom. The van der Waals surface area contributed by atoms with Gasteiger partial charge in [-0.2, -0.15) is 17.9 Å². The number of nitrogens with one attached hydrogen (secondary N) is 1. The fourth-order valence-corrected chi connectivity index (χ4v) is 4.04. The van der Waals surface area contributed by atoms with Gasteiger partial charge in [0.25, 0.3) is 0 Å². The van der Waals surface area contributed by atoms with Crippen molar-refractivity contribution in [2.75, 3.05) is 58.1 Å². The van der Waals surface area contributed by atoms with Gasteiger partial charge in [0.2, 0.25) is 0 Å². The van der Waals surface area contributed by atoms with Gasteiger partial charge in [0.05, 0.1) is 37.1 Å². The second-order valence-electron chi connectivity index (χ2n) is 7.28. The van der Waals surface area contributed by atoms with E-state index in [0.29, 0.717) is 5.56 Å². The Labute approximate surface area is 203 Å². The molecule has 1 saturated heterocycles. The number of rotatable bonds is 5. The first-order chi connectivity index (χ1) is 16.1. The Hall–Kier alpha value is -2.66. The number of methoxy groups -OCH3 is 1. The van der Waals surface area contributed by atoms with Gasteiger partial charge in [-0.3, -0.25) is 4.90 Å². The first-order valence-electron chi connectivity index (χ1n) is 11.4. The number of ether oxygens (including phenoxy) is 2. The Bertz CT molecular complexity index is 1030. The van der Waals surface area contributed by atoms with Crippen molar-refractivity contribution in [1.82, 2.24) is 9.47 Å². The maximum atomic E-state index is 9.61. The predicted molar refractivity (Wildman–Crippen MR) is 142 cm³/mol. The molecule has 33 heavy (non-hydrogen) atoms. The largest absolute Gasteiger partial charge is 0.497 e. The molecule has 3 aromatic rings. The van der Waals surface area contributed by atoms with Crippen molar-refractivity contribution in [2.24, 2.45) is 7.05 Å². The van der Waals surface area contributed by atoms with E-state index < -0.39 is 0 Å². The molecule has 0 atom stereocenters. The van der Waals surface area contributed by atoms with Crippen LogP contribution >= 0.6 is 12.6 Å². The van der Waals surface area contributed by atoms with E-state index in [4.69, 9.17) is 9.47 Å². The van der Waals surface area contributed by atoms with Gasteiger partial charge in [-0.25, -0.2) is 0 Å². The lowest BCUT2D eigenvalue weighted by Crippen LogP contribution is -2.37. The number of benzene rings is 2. The van der Waals surface area contributed by atoms with E-state index in [0.717, 1.165) is 72.2 Å². The molecule has 4 rings (SSSR count). The highest BCUT2D eigenvalue weighted by molar-refractivity contribution is 7.80. The highest BCUT2D eigenvalue weighted by atomic mass is 32.1. The number of aryl methyl sites for hydroxylation is 1. The summed E-state index contributed by atoms with van der Waals surface area (Å²) in [5, 5.41) is 13.7. The molecule has 0 radical (unpaired) electrons. The van der Waals surface area contributed by atoms with E-state index in [-0.39, 0.29) is 0 Å². The minimum Gasteiger partial charge on any atom is -0.497 e. The second kappa shape index (κ2) is 13.8. The molecule has 2 aromatic carbocycles. The first kappa shape index (κ1) is 26.6. The Morgan fingerprint density at radius 2 is 1.79 bits per heavy atom. The summed E-state index contributed by atoms with van der Waals surface area (Å²) in [5.41, 5.74) is 4.67. The molecule has 7 heteroatoms. The summed E-state index contributed by atoms with van der Waals surface area (Å²) >= 11 is 4.15. The van der Waals surface area contributed by atoms with Gasteiger partial charge >= 0.3 is 0 Å². The quantitative estimate of drug-likeness (QED) is 0.514. The summed E-state index contributed by atoms with van der Waals surface area (Å²) in [6.07, 6.45) is 0. The van der Waals surface area contributed by atoms with Crippen LogP contribution in [0.25, 0.3) is 22.2 Å². The zero-order valence-corrected chi connectivity index (χ0v) is 21.3. The highest BCUT2D eigenvalue weighted by Crippen LogP contribution is 2.34. The number of hydrogen-bond acceptors (Lipinski definition) is 6. The van der Waals surface area contributed by atoms with Crippen LogP contribution in [0.4, 0.5) is 5.69 Å². The average Bonchev–Trinajstić information content (AvgIpc) is 3.17. The van der Waals surface area contributed by atoms with Crippen LogP contribution in [0.2, 0.25) is 0 Å². The van der Waals surface area contributed by atoms with Crippen LogP contribution in [0.3, 0.4) is 0 Å². The van der Waals surface area contributed by atoms with Crippen LogP contribution in [-0.2, 0) is 11.8 Å². The number of aromatic nitrogens is 1. The van der Waals surface area contributed by atoms with E-state index >= 15 is 0 Å². The van der Waals surface area contributed by atoms with Gasteiger partial charge in [0.1, 0.15) is 11.8 Å². The van der Waals surface area contributed by atoms with Gasteiger partial charge in [-0.15, -0.1) is 0 Å². The third-order valence-corrected chi connectivity index (χ3v) is 5.69. The number of anilines is 1. The molecule has 1 aromatic heterocycles. The van der Waals surface area contributed by atoms with Crippen LogP contribution in [0.1, 0.15) is 19.4 Å². The summed E-state index contributed by atoms with van der Waals surface area (Å²) in [5.74, 6) is 1.75. The molecule has 0 amide bonds. The lowest BCUT2D eigenvalue weighted by Gasteiger charge is -2.25. The van der Waals surface area contributed by atoms with Gasteiger partial charge in [0.15, 0.2) is 0 Å². The minimum atomic E-state index is 0.692. The van der Waals surface area contributed by atoms with Crippen LogP contribution in [0, 0.1) is 11.3 Å². The minimum absolute atomic E-state index is 0.692. The second-order valence-corrected chi connectivity index (χ2v) is 7.73. The molecule has 1 N–H and O–H groups in total. The van der Waals surface area contributed by atoms with Gasteiger partial charge < -0.3 is 19.4 Å². The van der Waals surface area contributed by atoms with Crippen molar-refractivity contribution in [3.05, 3.63) is 48.0 Å². The molecule has 1 aliphatic heterocycles. The zero-order valence-electron chi connectivity index (χ0n) is 20.4. The van der Waals surface area contributed by atoms with Gasteiger partial charge in [-0.1, -0.05) is 26.0 Å². The Kier molecular flexibility index (Phi) is 11.1. The van der Waals surface area contributed by atoms with E-state index in [2.05, 4.69) is 28.9 Å². The summed E-state index contributed by atoms with van der Waals surface area (Å²) in [6.45, 7) is 9.06. The average molecular weight is 469 g/mol. The molecule has 0 bridgehead atoms. The molecule has 0 unspecified atom stereocenters. The predicted octanol–water partition coefficient (Wildman–Crippen LogP) is 5.04. The number of thiol groups is 1. The summed E-state index contributed by atoms with van der Waals surface area (Å²) in [6, 6.07) is 16.2. The van der Waals surface area contributed by atoms with E-state index in [1.54, 1.807) is 7.11 Å². The van der Waals surface area contributed by atoms with Crippen molar-refractivity contribution >= 4 is 29.2 Å². The third kappa shape index (κ3) is 6.67. The van der Waals surface area contributed by atoms with Crippen molar-refractivity contribution in [2.45, 2.75) is 13.8 Å². The van der Waals surface area contributed by atoms with Crippen LogP contribution < -0.4 is 10.1 Å². The van der Waals surface area contributed by atoms with E-state index in [9.17, 15) is 5.26 Å². The lowest BCUT2D eigenvalue weighted by molar-refractivity contribution is 0.0410. The molecule has 6 nitrogen and oxygen atoms in total. The first-order valence-corrected chi connectivity index (χ1v) is 12.0. The SMILES string of the molecule is CC.CNc1ccc(-c2c(C#N)c3ccc(OC)cc3n2C)cc1.SCCN1CCOCC1. The third-order valence-electron chi connectivity index (χ3n) is 5.49. The van der Waals surface area contributed by atoms with E-state index in [1.165, 1.54) is 0 Å². The van der Waals surface area contributed by atoms with Crippen molar-refractivity contribution < 1.29 is 9.47 Å².